The molecule has 0 spiro atoms. The molecule has 220 valence electrons. The summed E-state index contributed by atoms with van der Waals surface area (Å²) in [5.41, 5.74) is 2.31. The Hall–Kier alpha value is -1.69. The van der Waals surface area contributed by atoms with E-state index in [1.165, 1.54) is 5.56 Å². The minimum atomic E-state index is -1.52. The van der Waals surface area contributed by atoms with Crippen molar-refractivity contribution < 1.29 is 27.8 Å². The number of benzene rings is 1. The fourth-order valence-corrected chi connectivity index (χ4v) is 6.34. The van der Waals surface area contributed by atoms with Crippen LogP contribution in [0.2, 0.25) is 5.02 Å². The largest absolute Gasteiger partial charge is 0.460 e. The van der Waals surface area contributed by atoms with Gasteiger partial charge in [-0.25, -0.2) is 18.4 Å². The quantitative estimate of drug-likeness (QED) is 0.166. The van der Waals surface area contributed by atoms with E-state index in [4.69, 9.17) is 21.1 Å². The van der Waals surface area contributed by atoms with E-state index in [-0.39, 0.29) is 25.0 Å². The number of unbranched alkanes of at least 4 members (excludes halogenated alkanes) is 4. The van der Waals surface area contributed by atoms with Gasteiger partial charge in [0, 0.05) is 5.02 Å². The molecule has 0 radical (unpaired) electrons. The second kappa shape index (κ2) is 16.5. The number of hydrogen-bond donors (Lipinski definition) is 0. The molecule has 39 heavy (non-hydrogen) atoms. The fourth-order valence-electron chi connectivity index (χ4n) is 5.99. The normalized spacial score (nSPS) is 25.1. The Balaban J connectivity index is 1.42. The van der Waals surface area contributed by atoms with Gasteiger partial charge in [0.25, 0.3) is 0 Å². The highest BCUT2D eigenvalue weighted by molar-refractivity contribution is 6.31. The second-order valence-corrected chi connectivity index (χ2v) is 11.9. The lowest BCUT2D eigenvalue weighted by atomic mass is 9.80. The zero-order valence-electron chi connectivity index (χ0n) is 23.8. The molecule has 1 aromatic rings. The molecule has 2 saturated carbocycles. The lowest BCUT2D eigenvalue weighted by Crippen LogP contribution is -2.28. The Kier molecular flexibility index (Phi) is 13.5. The van der Waals surface area contributed by atoms with E-state index in [1.807, 2.05) is 0 Å². The molecular weight excluding hydrogens is 522 g/mol. The van der Waals surface area contributed by atoms with Crippen molar-refractivity contribution in [2.75, 3.05) is 0 Å². The first-order valence-electron chi connectivity index (χ1n) is 15.3. The number of ether oxygens (including phenoxy) is 2. The summed E-state index contributed by atoms with van der Waals surface area (Å²) in [7, 11) is 0. The van der Waals surface area contributed by atoms with Crippen molar-refractivity contribution in [2.45, 2.75) is 153 Å². The number of halogens is 3. The maximum Gasteiger partial charge on any atom is 0.340 e. The predicted molar refractivity (Wildman–Crippen MR) is 152 cm³/mol. The van der Waals surface area contributed by atoms with Crippen LogP contribution in [0.25, 0.3) is 0 Å². The number of rotatable bonds is 14. The summed E-state index contributed by atoms with van der Waals surface area (Å²) in [6.07, 6.45) is 8.68. The van der Waals surface area contributed by atoms with Gasteiger partial charge < -0.3 is 9.47 Å². The molecular formula is C32H47ClF2O4. The third-order valence-corrected chi connectivity index (χ3v) is 8.81. The van der Waals surface area contributed by atoms with E-state index in [1.54, 1.807) is 0 Å². The van der Waals surface area contributed by atoms with Crippen LogP contribution in [-0.4, -0.2) is 36.5 Å². The summed E-state index contributed by atoms with van der Waals surface area (Å²) in [5.74, 6) is -0.771. The van der Waals surface area contributed by atoms with Gasteiger partial charge in [-0.2, -0.15) is 0 Å². The van der Waals surface area contributed by atoms with Crippen molar-refractivity contribution in [3.8, 4) is 0 Å². The molecule has 0 bridgehead atoms. The molecule has 2 atom stereocenters. The van der Waals surface area contributed by atoms with Crippen LogP contribution in [0.1, 0.15) is 140 Å². The van der Waals surface area contributed by atoms with Gasteiger partial charge in [0.05, 0.1) is 0 Å². The van der Waals surface area contributed by atoms with E-state index in [0.717, 1.165) is 87.6 Å². The Morgan fingerprint density at radius 2 is 1.23 bits per heavy atom. The smallest absolute Gasteiger partial charge is 0.340 e. The van der Waals surface area contributed by atoms with Crippen LogP contribution >= 0.6 is 11.6 Å². The van der Waals surface area contributed by atoms with Crippen molar-refractivity contribution >= 4 is 23.5 Å². The van der Waals surface area contributed by atoms with Crippen molar-refractivity contribution in [3.63, 3.8) is 0 Å². The highest BCUT2D eigenvalue weighted by Crippen LogP contribution is 2.41. The van der Waals surface area contributed by atoms with E-state index in [9.17, 15) is 18.4 Å². The molecule has 0 unspecified atom stereocenters. The topological polar surface area (TPSA) is 52.6 Å². The Labute approximate surface area is 238 Å². The minimum absolute atomic E-state index is 0.207. The average Bonchev–Trinajstić information content (AvgIpc) is 2.94. The average molecular weight is 569 g/mol. The minimum Gasteiger partial charge on any atom is -0.460 e. The molecule has 7 heteroatoms. The van der Waals surface area contributed by atoms with Crippen LogP contribution in [-0.2, 0) is 19.1 Å². The van der Waals surface area contributed by atoms with Gasteiger partial charge in [-0.05, 0) is 106 Å². The van der Waals surface area contributed by atoms with Crippen molar-refractivity contribution in [2.24, 2.45) is 0 Å². The first kappa shape index (κ1) is 31.8. The monoisotopic (exact) mass is 568 g/mol. The lowest BCUT2D eigenvalue weighted by Gasteiger charge is -2.31. The molecule has 0 aromatic heterocycles. The Morgan fingerprint density at radius 3 is 1.67 bits per heavy atom. The highest BCUT2D eigenvalue weighted by atomic mass is 35.5. The summed E-state index contributed by atoms with van der Waals surface area (Å²) in [6, 6.07) is 6.34. The van der Waals surface area contributed by atoms with E-state index >= 15 is 0 Å². The van der Waals surface area contributed by atoms with Crippen LogP contribution in [0.15, 0.2) is 18.2 Å². The summed E-state index contributed by atoms with van der Waals surface area (Å²) in [4.78, 5) is 24.2. The molecule has 0 heterocycles. The van der Waals surface area contributed by atoms with Gasteiger partial charge in [-0.1, -0.05) is 63.3 Å². The van der Waals surface area contributed by atoms with Crippen LogP contribution in [0.5, 0.6) is 0 Å². The molecule has 0 saturated heterocycles. The van der Waals surface area contributed by atoms with Crippen molar-refractivity contribution in [3.05, 3.63) is 34.3 Å². The summed E-state index contributed by atoms with van der Waals surface area (Å²) in [6.45, 7) is 4.10. The van der Waals surface area contributed by atoms with Crippen LogP contribution in [0.4, 0.5) is 8.78 Å². The number of hydrogen-bond acceptors (Lipinski definition) is 4. The number of carbonyl (C=O) groups excluding carboxylic acids is 2. The molecule has 0 amide bonds. The van der Waals surface area contributed by atoms with E-state index < -0.39 is 24.3 Å². The maximum atomic E-state index is 14.1. The molecule has 3 rings (SSSR count). The van der Waals surface area contributed by atoms with Crippen LogP contribution in [0.3, 0.4) is 0 Å². The SMILES string of the molecule is CCCCC[C@H](F)C(=O)OC1CCC(c2ccc(C3CCC(OC(=O)[C@@H](F)CCCCC)CC3)c(Cl)c2)CC1. The van der Waals surface area contributed by atoms with E-state index in [2.05, 4.69) is 32.0 Å². The van der Waals surface area contributed by atoms with Gasteiger partial charge in [0.2, 0.25) is 0 Å². The maximum absolute atomic E-state index is 14.1. The van der Waals surface area contributed by atoms with Crippen molar-refractivity contribution in [1.82, 2.24) is 0 Å². The van der Waals surface area contributed by atoms with Gasteiger partial charge >= 0.3 is 11.9 Å². The molecule has 2 aliphatic carbocycles. The van der Waals surface area contributed by atoms with Crippen molar-refractivity contribution in [1.29, 1.82) is 0 Å². The molecule has 2 fully saturated rings. The lowest BCUT2D eigenvalue weighted by molar-refractivity contribution is -0.157. The standard InChI is InChI=1S/C32H47ClF2O4/c1-3-5-7-9-29(34)31(36)38-25-16-11-22(12-17-25)24-15-20-27(28(33)21-24)23-13-18-26(19-14-23)39-32(37)30(35)10-8-6-4-2/h15,20-23,25-26,29-30H,3-14,16-19H2,1-2H3/t22?,23?,25?,26?,29-,30-/m0/s1. The summed E-state index contributed by atoms with van der Waals surface area (Å²) < 4.78 is 39.1. The van der Waals surface area contributed by atoms with Crippen LogP contribution < -0.4 is 0 Å². The molecule has 1 aromatic carbocycles. The molecule has 2 aliphatic rings. The van der Waals surface area contributed by atoms with Gasteiger partial charge in [0.1, 0.15) is 12.2 Å². The van der Waals surface area contributed by atoms with Gasteiger partial charge in [-0.3, -0.25) is 0 Å². The summed E-state index contributed by atoms with van der Waals surface area (Å²) in [5, 5.41) is 0.758. The zero-order chi connectivity index (χ0) is 28.2. The highest BCUT2D eigenvalue weighted by Gasteiger charge is 2.30. The first-order chi connectivity index (χ1) is 18.8. The molecule has 4 nitrogen and oxygen atoms in total. The van der Waals surface area contributed by atoms with Gasteiger partial charge in [0.15, 0.2) is 12.3 Å². The summed E-state index contributed by atoms with van der Waals surface area (Å²) >= 11 is 6.74. The van der Waals surface area contributed by atoms with Crippen LogP contribution in [0, 0.1) is 0 Å². The Morgan fingerprint density at radius 1 is 0.769 bits per heavy atom. The van der Waals surface area contributed by atoms with Gasteiger partial charge in [-0.15, -0.1) is 0 Å². The second-order valence-electron chi connectivity index (χ2n) is 11.5. The molecule has 0 N–H and O–H groups in total. The third kappa shape index (κ3) is 10.0. The zero-order valence-corrected chi connectivity index (χ0v) is 24.5. The predicted octanol–water partition coefficient (Wildman–Crippen LogP) is 9.32. The Bertz CT molecular complexity index is 894. The number of carbonyl (C=O) groups is 2. The molecule has 0 aliphatic heterocycles. The number of esters is 2. The van der Waals surface area contributed by atoms with E-state index in [0.29, 0.717) is 24.7 Å². The number of alkyl halides is 2. The fraction of sp³-hybridized carbons (Fsp3) is 0.750. The third-order valence-electron chi connectivity index (χ3n) is 8.48. The first-order valence-corrected chi connectivity index (χ1v) is 15.7.